The Balaban J connectivity index is 3.30. The molecule has 0 fully saturated rings. The van der Waals surface area contributed by atoms with E-state index in [1.54, 1.807) is 4.90 Å². The summed E-state index contributed by atoms with van der Waals surface area (Å²) < 4.78 is 28.1. The van der Waals surface area contributed by atoms with E-state index in [2.05, 4.69) is 5.16 Å². The highest BCUT2D eigenvalue weighted by Crippen LogP contribution is 2.27. The van der Waals surface area contributed by atoms with Crippen molar-refractivity contribution >= 4 is 11.5 Å². The first-order valence-electron chi connectivity index (χ1n) is 6.19. The van der Waals surface area contributed by atoms with Crippen molar-refractivity contribution in [3.05, 3.63) is 29.3 Å². The van der Waals surface area contributed by atoms with Crippen LogP contribution < -0.4 is 10.6 Å². The van der Waals surface area contributed by atoms with Crippen molar-refractivity contribution in [3.8, 4) is 0 Å². The smallest absolute Gasteiger partial charge is 0.170 e. The van der Waals surface area contributed by atoms with Gasteiger partial charge in [-0.3, -0.25) is 0 Å². The van der Waals surface area contributed by atoms with E-state index in [4.69, 9.17) is 10.9 Å². The summed E-state index contributed by atoms with van der Waals surface area (Å²) in [4.78, 5) is 1.65. The van der Waals surface area contributed by atoms with Crippen LogP contribution in [0.5, 0.6) is 0 Å². The lowest BCUT2D eigenvalue weighted by Gasteiger charge is -2.30. The van der Waals surface area contributed by atoms with E-state index in [0.29, 0.717) is 6.54 Å². The summed E-state index contributed by atoms with van der Waals surface area (Å²) in [5, 5.41) is 11.3. The van der Waals surface area contributed by atoms with Gasteiger partial charge in [0.15, 0.2) is 5.84 Å². The summed E-state index contributed by atoms with van der Waals surface area (Å²) in [5.41, 5.74) is 5.27. The Morgan fingerprint density at radius 1 is 1.37 bits per heavy atom. The molecule has 1 aromatic carbocycles. The highest BCUT2D eigenvalue weighted by atomic mass is 19.1. The van der Waals surface area contributed by atoms with Crippen LogP contribution in [0.25, 0.3) is 0 Å². The molecule has 0 spiro atoms. The molecule has 0 radical (unpaired) electrons. The van der Waals surface area contributed by atoms with Gasteiger partial charge in [-0.25, -0.2) is 8.78 Å². The molecular formula is C13H19F2N3O. The molecule has 0 aliphatic carbocycles. The Morgan fingerprint density at radius 3 is 2.26 bits per heavy atom. The molecule has 1 atom stereocenters. The van der Waals surface area contributed by atoms with E-state index in [0.717, 1.165) is 18.6 Å². The number of nitrogens with zero attached hydrogens (tertiary/aromatic N) is 2. The van der Waals surface area contributed by atoms with Gasteiger partial charge in [-0.1, -0.05) is 12.1 Å². The van der Waals surface area contributed by atoms with E-state index >= 15 is 0 Å². The number of benzene rings is 1. The predicted octanol–water partition coefficient (Wildman–Crippen LogP) is 2.68. The fourth-order valence-corrected chi connectivity index (χ4v) is 1.96. The molecule has 0 heterocycles. The maximum Gasteiger partial charge on any atom is 0.170 e. The lowest BCUT2D eigenvalue weighted by Crippen LogP contribution is -2.34. The van der Waals surface area contributed by atoms with Gasteiger partial charge >= 0.3 is 0 Å². The van der Waals surface area contributed by atoms with Gasteiger partial charge in [0, 0.05) is 18.2 Å². The standard InChI is InChI=1S/C13H19F2N3O/c1-4-8(3)18(5-2)12-10(14)6-9(7-11(12)15)13(16)17-19/h6-8,19H,4-5H2,1-3H3,(H2,16,17). The van der Waals surface area contributed by atoms with E-state index in [1.807, 2.05) is 20.8 Å². The Bertz CT molecular complexity index is 454. The zero-order valence-electron chi connectivity index (χ0n) is 11.3. The zero-order chi connectivity index (χ0) is 14.6. The minimum absolute atomic E-state index is 0.0152. The fourth-order valence-electron chi connectivity index (χ4n) is 1.96. The first kappa shape index (κ1) is 15.2. The molecule has 0 amide bonds. The molecule has 0 bridgehead atoms. The highest BCUT2D eigenvalue weighted by molar-refractivity contribution is 5.97. The third-order valence-electron chi connectivity index (χ3n) is 3.17. The van der Waals surface area contributed by atoms with Crippen molar-refractivity contribution in [1.82, 2.24) is 0 Å². The summed E-state index contributed by atoms with van der Waals surface area (Å²) in [6.07, 6.45) is 0.773. The SMILES string of the molecule is CCC(C)N(CC)c1c(F)cc(C(N)=NO)cc1F. The molecule has 0 aliphatic heterocycles. The number of hydrogen-bond acceptors (Lipinski definition) is 3. The van der Waals surface area contributed by atoms with E-state index in [1.165, 1.54) is 0 Å². The lowest BCUT2D eigenvalue weighted by molar-refractivity contribution is 0.318. The summed E-state index contributed by atoms with van der Waals surface area (Å²) in [5.74, 6) is -1.76. The second-order valence-corrected chi connectivity index (χ2v) is 4.32. The van der Waals surface area contributed by atoms with Crippen molar-refractivity contribution in [1.29, 1.82) is 0 Å². The normalized spacial score (nSPS) is 13.4. The van der Waals surface area contributed by atoms with Crippen LogP contribution in [0.2, 0.25) is 0 Å². The van der Waals surface area contributed by atoms with Crippen LogP contribution in [-0.2, 0) is 0 Å². The number of anilines is 1. The molecular weight excluding hydrogens is 252 g/mol. The third-order valence-corrected chi connectivity index (χ3v) is 3.17. The number of hydrogen-bond donors (Lipinski definition) is 2. The molecule has 1 rings (SSSR count). The molecule has 0 saturated carbocycles. The average molecular weight is 271 g/mol. The Kier molecular flexibility index (Phi) is 5.09. The van der Waals surface area contributed by atoms with E-state index in [9.17, 15) is 8.78 Å². The summed E-state index contributed by atoms with van der Waals surface area (Å²) in [7, 11) is 0. The number of rotatable bonds is 5. The van der Waals surface area contributed by atoms with Gasteiger partial charge in [-0.05, 0) is 32.4 Å². The average Bonchev–Trinajstić information content (AvgIpc) is 2.40. The molecule has 1 aromatic rings. The summed E-state index contributed by atoms with van der Waals surface area (Å²) >= 11 is 0. The maximum atomic E-state index is 14.1. The lowest BCUT2D eigenvalue weighted by atomic mass is 10.1. The molecule has 0 aromatic heterocycles. The Morgan fingerprint density at radius 2 is 1.89 bits per heavy atom. The monoisotopic (exact) mass is 271 g/mol. The molecule has 3 N–H and O–H groups in total. The second-order valence-electron chi connectivity index (χ2n) is 4.32. The molecule has 19 heavy (non-hydrogen) atoms. The van der Waals surface area contributed by atoms with Crippen LogP contribution in [0.4, 0.5) is 14.5 Å². The largest absolute Gasteiger partial charge is 0.409 e. The number of nitrogens with two attached hydrogens (primary N) is 1. The third kappa shape index (κ3) is 3.13. The van der Waals surface area contributed by atoms with Crippen molar-refractivity contribution < 1.29 is 14.0 Å². The molecule has 6 heteroatoms. The highest BCUT2D eigenvalue weighted by Gasteiger charge is 2.21. The molecule has 1 unspecified atom stereocenters. The van der Waals surface area contributed by atoms with Gasteiger partial charge in [0.05, 0.1) is 0 Å². The second kappa shape index (κ2) is 6.36. The minimum atomic E-state index is -0.719. The molecule has 4 nitrogen and oxygen atoms in total. The predicted molar refractivity (Wildman–Crippen MR) is 71.6 cm³/mol. The number of amidine groups is 1. The minimum Gasteiger partial charge on any atom is -0.409 e. The number of oxime groups is 1. The summed E-state index contributed by atoms with van der Waals surface area (Å²) in [6.45, 7) is 6.18. The van der Waals surface area contributed by atoms with Gasteiger partial charge in [0.1, 0.15) is 17.3 Å². The molecule has 106 valence electrons. The van der Waals surface area contributed by atoms with Gasteiger partial charge in [-0.15, -0.1) is 0 Å². The van der Waals surface area contributed by atoms with Crippen LogP contribution in [0.3, 0.4) is 0 Å². The van der Waals surface area contributed by atoms with Crippen LogP contribution in [0, 0.1) is 11.6 Å². The quantitative estimate of drug-likeness (QED) is 0.374. The van der Waals surface area contributed by atoms with Crippen molar-refractivity contribution in [3.63, 3.8) is 0 Å². The maximum absolute atomic E-state index is 14.1. The van der Waals surface area contributed by atoms with Gasteiger partial charge in [0.25, 0.3) is 0 Å². The van der Waals surface area contributed by atoms with E-state index < -0.39 is 11.6 Å². The first-order chi connectivity index (χ1) is 8.96. The molecule has 0 saturated heterocycles. The first-order valence-corrected chi connectivity index (χ1v) is 6.19. The Hall–Kier alpha value is -1.85. The van der Waals surface area contributed by atoms with Crippen molar-refractivity contribution in [2.45, 2.75) is 33.2 Å². The van der Waals surface area contributed by atoms with Crippen molar-refractivity contribution in [2.75, 3.05) is 11.4 Å². The van der Waals surface area contributed by atoms with Crippen LogP contribution in [-0.4, -0.2) is 23.6 Å². The van der Waals surface area contributed by atoms with Gasteiger partial charge < -0.3 is 15.8 Å². The topological polar surface area (TPSA) is 61.8 Å². The van der Waals surface area contributed by atoms with Gasteiger partial charge in [0.2, 0.25) is 0 Å². The van der Waals surface area contributed by atoms with Gasteiger partial charge in [-0.2, -0.15) is 0 Å². The van der Waals surface area contributed by atoms with E-state index in [-0.39, 0.29) is 23.1 Å². The van der Waals surface area contributed by atoms with Crippen LogP contribution >= 0.6 is 0 Å². The van der Waals surface area contributed by atoms with Crippen LogP contribution in [0.1, 0.15) is 32.8 Å². The number of halogens is 2. The van der Waals surface area contributed by atoms with Crippen LogP contribution in [0.15, 0.2) is 17.3 Å². The van der Waals surface area contributed by atoms with Crippen molar-refractivity contribution in [2.24, 2.45) is 10.9 Å². The Labute approximate surface area is 111 Å². The zero-order valence-corrected chi connectivity index (χ0v) is 11.3. The summed E-state index contributed by atoms with van der Waals surface area (Å²) in [6, 6.07) is 2.15. The fraction of sp³-hybridized carbons (Fsp3) is 0.462. The molecule has 0 aliphatic rings.